The zero-order valence-corrected chi connectivity index (χ0v) is 11.0. The lowest BCUT2D eigenvalue weighted by Crippen LogP contribution is -2.23. The first kappa shape index (κ1) is 13.5. The molecule has 2 N–H and O–H groups in total. The van der Waals surface area contributed by atoms with Crippen LogP contribution in [-0.4, -0.2) is 24.9 Å². The van der Waals surface area contributed by atoms with E-state index in [4.69, 9.17) is 4.74 Å². The SMILES string of the molecule is COc1ccsc1CNCCC(O)C(C)C. The number of methoxy groups -OCH3 is 1. The Bertz CT molecular complexity index is 299. The summed E-state index contributed by atoms with van der Waals surface area (Å²) in [4.78, 5) is 1.21. The summed E-state index contributed by atoms with van der Waals surface area (Å²) >= 11 is 1.69. The van der Waals surface area contributed by atoms with Crippen molar-refractivity contribution in [1.82, 2.24) is 5.32 Å². The summed E-state index contributed by atoms with van der Waals surface area (Å²) in [5, 5.41) is 15.0. The van der Waals surface area contributed by atoms with Gasteiger partial charge in [0.15, 0.2) is 0 Å². The first-order chi connectivity index (χ1) is 7.65. The van der Waals surface area contributed by atoms with Gasteiger partial charge in [-0.2, -0.15) is 0 Å². The van der Waals surface area contributed by atoms with E-state index in [9.17, 15) is 5.11 Å². The third-order valence-electron chi connectivity index (χ3n) is 2.60. The topological polar surface area (TPSA) is 41.5 Å². The van der Waals surface area contributed by atoms with Crippen LogP contribution in [0.4, 0.5) is 0 Å². The van der Waals surface area contributed by atoms with Gasteiger partial charge in [0.1, 0.15) is 5.75 Å². The van der Waals surface area contributed by atoms with Gasteiger partial charge >= 0.3 is 0 Å². The molecule has 1 heterocycles. The highest BCUT2D eigenvalue weighted by molar-refractivity contribution is 7.10. The Morgan fingerprint density at radius 3 is 2.88 bits per heavy atom. The maximum Gasteiger partial charge on any atom is 0.134 e. The molecule has 0 radical (unpaired) electrons. The van der Waals surface area contributed by atoms with Gasteiger partial charge in [-0.15, -0.1) is 11.3 Å². The summed E-state index contributed by atoms with van der Waals surface area (Å²) in [6.45, 7) is 5.71. The molecule has 1 unspecified atom stereocenters. The number of aliphatic hydroxyl groups is 1. The smallest absolute Gasteiger partial charge is 0.134 e. The maximum absolute atomic E-state index is 9.62. The van der Waals surface area contributed by atoms with Crippen molar-refractivity contribution < 1.29 is 9.84 Å². The van der Waals surface area contributed by atoms with Gasteiger partial charge in [-0.3, -0.25) is 0 Å². The van der Waals surface area contributed by atoms with Crippen LogP contribution in [0.15, 0.2) is 11.4 Å². The molecule has 3 nitrogen and oxygen atoms in total. The number of ether oxygens (including phenoxy) is 1. The maximum atomic E-state index is 9.62. The standard InChI is InChI=1S/C12H21NO2S/c1-9(2)10(14)4-6-13-8-12-11(15-3)5-7-16-12/h5,7,9-10,13-14H,4,6,8H2,1-3H3. The van der Waals surface area contributed by atoms with Gasteiger partial charge in [-0.05, 0) is 30.3 Å². The van der Waals surface area contributed by atoms with Crippen LogP contribution in [0.25, 0.3) is 0 Å². The highest BCUT2D eigenvalue weighted by Gasteiger charge is 2.08. The third-order valence-corrected chi connectivity index (χ3v) is 3.50. The van der Waals surface area contributed by atoms with Gasteiger partial charge in [-0.1, -0.05) is 13.8 Å². The molecule has 0 aliphatic rings. The van der Waals surface area contributed by atoms with E-state index in [1.165, 1.54) is 4.88 Å². The molecule has 0 aliphatic heterocycles. The molecule has 1 rings (SSSR count). The summed E-state index contributed by atoms with van der Waals surface area (Å²) in [5.74, 6) is 1.28. The van der Waals surface area contributed by atoms with Crippen molar-refractivity contribution in [2.24, 2.45) is 5.92 Å². The molecule has 0 spiro atoms. The van der Waals surface area contributed by atoms with Gasteiger partial charge in [-0.25, -0.2) is 0 Å². The van der Waals surface area contributed by atoms with Crippen molar-refractivity contribution in [2.75, 3.05) is 13.7 Å². The van der Waals surface area contributed by atoms with Crippen LogP contribution in [0.2, 0.25) is 0 Å². The molecule has 0 fully saturated rings. The lowest BCUT2D eigenvalue weighted by Gasteiger charge is -2.14. The Morgan fingerprint density at radius 2 is 2.25 bits per heavy atom. The Hall–Kier alpha value is -0.580. The van der Waals surface area contributed by atoms with Gasteiger partial charge in [0.25, 0.3) is 0 Å². The lowest BCUT2D eigenvalue weighted by molar-refractivity contribution is 0.116. The summed E-state index contributed by atoms with van der Waals surface area (Å²) < 4.78 is 5.22. The second kappa shape index (κ2) is 6.89. The zero-order chi connectivity index (χ0) is 12.0. The quantitative estimate of drug-likeness (QED) is 0.722. The van der Waals surface area contributed by atoms with E-state index in [0.717, 1.165) is 25.3 Å². The number of hydrogen-bond donors (Lipinski definition) is 2. The van der Waals surface area contributed by atoms with Crippen LogP contribution in [0.5, 0.6) is 5.75 Å². The highest BCUT2D eigenvalue weighted by atomic mass is 32.1. The average molecular weight is 243 g/mol. The van der Waals surface area contributed by atoms with Crippen LogP contribution < -0.4 is 10.1 Å². The fourth-order valence-electron chi connectivity index (χ4n) is 1.42. The van der Waals surface area contributed by atoms with E-state index in [2.05, 4.69) is 5.32 Å². The second-order valence-electron chi connectivity index (χ2n) is 4.19. The number of hydrogen-bond acceptors (Lipinski definition) is 4. The Kier molecular flexibility index (Phi) is 5.80. The number of rotatable bonds is 7. The third kappa shape index (κ3) is 4.12. The molecule has 1 aromatic rings. The molecule has 0 aromatic carbocycles. The molecular formula is C12H21NO2S. The molecule has 0 bridgehead atoms. The van der Waals surface area contributed by atoms with Gasteiger partial charge in [0.05, 0.1) is 18.1 Å². The molecule has 0 aliphatic carbocycles. The number of aliphatic hydroxyl groups excluding tert-OH is 1. The van der Waals surface area contributed by atoms with Crippen LogP contribution in [0.3, 0.4) is 0 Å². The van der Waals surface area contributed by atoms with E-state index in [1.54, 1.807) is 18.4 Å². The minimum Gasteiger partial charge on any atom is -0.496 e. The molecule has 0 saturated heterocycles. The van der Waals surface area contributed by atoms with Crippen molar-refractivity contribution in [3.8, 4) is 5.75 Å². The monoisotopic (exact) mass is 243 g/mol. The highest BCUT2D eigenvalue weighted by Crippen LogP contribution is 2.23. The minimum absolute atomic E-state index is 0.210. The van der Waals surface area contributed by atoms with Gasteiger partial charge in [0, 0.05) is 6.54 Å². The zero-order valence-electron chi connectivity index (χ0n) is 10.2. The van der Waals surface area contributed by atoms with Crippen molar-refractivity contribution in [3.05, 3.63) is 16.3 Å². The largest absolute Gasteiger partial charge is 0.496 e. The van der Waals surface area contributed by atoms with E-state index < -0.39 is 0 Å². The summed E-state index contributed by atoms with van der Waals surface area (Å²) in [7, 11) is 1.69. The Balaban J connectivity index is 2.21. The van der Waals surface area contributed by atoms with Crippen LogP contribution in [0.1, 0.15) is 25.1 Å². The summed E-state index contributed by atoms with van der Waals surface area (Å²) in [6, 6.07) is 1.98. The minimum atomic E-state index is -0.210. The van der Waals surface area contributed by atoms with Crippen molar-refractivity contribution >= 4 is 11.3 Å². The van der Waals surface area contributed by atoms with E-state index in [-0.39, 0.29) is 6.10 Å². The normalized spacial score (nSPS) is 13.1. The van der Waals surface area contributed by atoms with Crippen molar-refractivity contribution in [3.63, 3.8) is 0 Å². The fourth-order valence-corrected chi connectivity index (χ4v) is 2.23. The molecule has 92 valence electrons. The Labute approximate surface area is 101 Å². The van der Waals surface area contributed by atoms with Crippen LogP contribution in [0, 0.1) is 5.92 Å². The van der Waals surface area contributed by atoms with Crippen LogP contribution in [-0.2, 0) is 6.54 Å². The number of thiophene rings is 1. The molecule has 1 aromatic heterocycles. The van der Waals surface area contributed by atoms with Crippen molar-refractivity contribution in [1.29, 1.82) is 0 Å². The summed E-state index contributed by atoms with van der Waals surface area (Å²) in [6.07, 6.45) is 0.587. The first-order valence-electron chi connectivity index (χ1n) is 5.64. The van der Waals surface area contributed by atoms with E-state index in [0.29, 0.717) is 5.92 Å². The lowest BCUT2D eigenvalue weighted by atomic mass is 10.0. The Morgan fingerprint density at radius 1 is 1.50 bits per heavy atom. The van der Waals surface area contributed by atoms with E-state index >= 15 is 0 Å². The fraction of sp³-hybridized carbons (Fsp3) is 0.667. The predicted molar refractivity (Wildman–Crippen MR) is 68.0 cm³/mol. The molecule has 4 heteroatoms. The second-order valence-corrected chi connectivity index (χ2v) is 5.19. The van der Waals surface area contributed by atoms with Gasteiger partial charge in [0.2, 0.25) is 0 Å². The molecular weight excluding hydrogens is 222 g/mol. The number of nitrogens with one attached hydrogen (secondary N) is 1. The molecule has 0 saturated carbocycles. The van der Waals surface area contributed by atoms with Gasteiger partial charge < -0.3 is 15.2 Å². The predicted octanol–water partition coefficient (Wildman–Crippen LogP) is 2.25. The van der Waals surface area contributed by atoms with Crippen LogP contribution >= 0.6 is 11.3 Å². The average Bonchev–Trinajstić information content (AvgIpc) is 2.71. The first-order valence-corrected chi connectivity index (χ1v) is 6.52. The van der Waals surface area contributed by atoms with E-state index in [1.807, 2.05) is 25.3 Å². The van der Waals surface area contributed by atoms with Crippen molar-refractivity contribution in [2.45, 2.75) is 32.9 Å². The molecule has 16 heavy (non-hydrogen) atoms. The molecule has 1 atom stereocenters. The molecule has 0 amide bonds. The summed E-state index contributed by atoms with van der Waals surface area (Å²) in [5.41, 5.74) is 0.